The van der Waals surface area contributed by atoms with E-state index in [0.717, 1.165) is 5.39 Å². The summed E-state index contributed by atoms with van der Waals surface area (Å²) in [5.41, 5.74) is 0.645. The van der Waals surface area contributed by atoms with E-state index in [-0.39, 0.29) is 12.3 Å². The molecular formula is C10H10N4O2. The Morgan fingerprint density at radius 2 is 2.44 bits per heavy atom. The number of aliphatic hydroxyl groups excluding tert-OH is 1. The number of carbonyl (C=O) groups is 1. The van der Waals surface area contributed by atoms with Gasteiger partial charge in [-0.3, -0.25) is 14.8 Å². The quantitative estimate of drug-likeness (QED) is 0.708. The molecule has 2 aromatic heterocycles. The van der Waals surface area contributed by atoms with E-state index in [4.69, 9.17) is 0 Å². The van der Waals surface area contributed by atoms with Gasteiger partial charge < -0.3 is 5.11 Å². The average Bonchev–Trinajstić information content (AvgIpc) is 2.81. The molecule has 16 heavy (non-hydrogen) atoms. The van der Waals surface area contributed by atoms with Crippen LogP contribution in [0.5, 0.6) is 0 Å². The van der Waals surface area contributed by atoms with Crippen molar-refractivity contribution in [3.63, 3.8) is 0 Å². The second kappa shape index (κ2) is 3.28. The Bertz CT molecular complexity index is 550. The predicted molar refractivity (Wildman–Crippen MR) is 56.9 cm³/mol. The second-order valence-electron chi connectivity index (χ2n) is 3.81. The van der Waals surface area contributed by atoms with Gasteiger partial charge in [-0.1, -0.05) is 0 Å². The van der Waals surface area contributed by atoms with Gasteiger partial charge in [-0.15, -0.1) is 0 Å². The molecule has 1 aliphatic rings. The molecule has 3 heterocycles. The van der Waals surface area contributed by atoms with E-state index in [9.17, 15) is 9.90 Å². The monoisotopic (exact) mass is 218 g/mol. The molecule has 1 amide bonds. The van der Waals surface area contributed by atoms with Crippen molar-refractivity contribution in [1.82, 2.24) is 15.2 Å². The fourth-order valence-electron chi connectivity index (χ4n) is 1.94. The molecule has 1 fully saturated rings. The Kier molecular flexibility index (Phi) is 1.90. The van der Waals surface area contributed by atoms with Crippen molar-refractivity contribution >= 4 is 22.8 Å². The van der Waals surface area contributed by atoms with Gasteiger partial charge in [0.15, 0.2) is 11.5 Å². The summed E-state index contributed by atoms with van der Waals surface area (Å²) in [7, 11) is 0. The van der Waals surface area contributed by atoms with Crippen LogP contribution in [0, 0.1) is 0 Å². The van der Waals surface area contributed by atoms with Crippen LogP contribution in [0.2, 0.25) is 0 Å². The molecule has 0 radical (unpaired) electrons. The number of carbonyl (C=O) groups excluding carboxylic acids is 1. The Morgan fingerprint density at radius 1 is 1.56 bits per heavy atom. The predicted octanol–water partition coefficient (Wildman–Crippen LogP) is 0.0555. The van der Waals surface area contributed by atoms with Gasteiger partial charge in [-0.2, -0.15) is 5.10 Å². The minimum atomic E-state index is -0.601. The molecule has 82 valence electrons. The van der Waals surface area contributed by atoms with Crippen LogP contribution in [-0.2, 0) is 4.79 Å². The smallest absolute Gasteiger partial charge is 0.230 e. The van der Waals surface area contributed by atoms with Gasteiger partial charge in [-0.05, 0) is 12.1 Å². The molecule has 1 unspecified atom stereocenters. The first-order chi connectivity index (χ1) is 7.75. The molecule has 0 spiro atoms. The number of nitrogens with one attached hydrogen (secondary N) is 1. The van der Waals surface area contributed by atoms with Crippen molar-refractivity contribution in [1.29, 1.82) is 0 Å². The molecule has 1 aliphatic heterocycles. The number of aromatic amines is 1. The molecule has 1 saturated heterocycles. The Hall–Kier alpha value is -1.95. The maximum absolute atomic E-state index is 11.6. The zero-order valence-electron chi connectivity index (χ0n) is 8.42. The molecule has 0 aliphatic carbocycles. The molecular weight excluding hydrogens is 208 g/mol. The van der Waals surface area contributed by atoms with E-state index in [1.165, 1.54) is 4.90 Å². The highest BCUT2D eigenvalue weighted by Gasteiger charge is 2.31. The Morgan fingerprint density at radius 3 is 3.19 bits per heavy atom. The molecule has 2 N–H and O–H groups in total. The number of β-amino-alcohol motifs (C(OH)–C–C–N with tert-alkyl or cyclic N) is 1. The van der Waals surface area contributed by atoms with Crippen molar-refractivity contribution < 1.29 is 9.90 Å². The lowest BCUT2D eigenvalue weighted by Gasteiger charge is -2.12. The van der Waals surface area contributed by atoms with Crippen molar-refractivity contribution in [2.75, 3.05) is 11.4 Å². The van der Waals surface area contributed by atoms with E-state index < -0.39 is 6.10 Å². The highest BCUT2D eigenvalue weighted by atomic mass is 16.3. The first-order valence-electron chi connectivity index (χ1n) is 5.03. The lowest BCUT2D eigenvalue weighted by molar-refractivity contribution is -0.117. The summed E-state index contributed by atoms with van der Waals surface area (Å²) in [5, 5.41) is 17.1. The number of hydrogen-bond donors (Lipinski definition) is 2. The number of nitrogens with zero attached hydrogens (tertiary/aromatic N) is 3. The third kappa shape index (κ3) is 1.27. The number of aliphatic hydroxyl groups is 1. The zero-order chi connectivity index (χ0) is 11.1. The van der Waals surface area contributed by atoms with Crippen LogP contribution in [0.1, 0.15) is 6.42 Å². The van der Waals surface area contributed by atoms with Gasteiger partial charge in [0.25, 0.3) is 0 Å². The minimum Gasteiger partial charge on any atom is -0.391 e. The summed E-state index contributed by atoms with van der Waals surface area (Å²) in [4.78, 5) is 17.2. The first kappa shape index (κ1) is 9.29. The maximum atomic E-state index is 11.6. The summed E-state index contributed by atoms with van der Waals surface area (Å²) in [5.74, 6) is 0.439. The number of rotatable bonds is 1. The molecule has 0 bridgehead atoms. The zero-order valence-corrected chi connectivity index (χ0v) is 8.42. The highest BCUT2D eigenvalue weighted by Crippen LogP contribution is 2.26. The minimum absolute atomic E-state index is 0.107. The highest BCUT2D eigenvalue weighted by molar-refractivity contribution is 6.02. The summed E-state index contributed by atoms with van der Waals surface area (Å²) < 4.78 is 0. The van der Waals surface area contributed by atoms with E-state index >= 15 is 0 Å². The third-order valence-corrected chi connectivity index (χ3v) is 2.68. The van der Waals surface area contributed by atoms with Gasteiger partial charge >= 0.3 is 0 Å². The van der Waals surface area contributed by atoms with Gasteiger partial charge in [0.1, 0.15) is 0 Å². The molecule has 1 atom stereocenters. The molecule has 0 saturated carbocycles. The van der Waals surface area contributed by atoms with Gasteiger partial charge in [-0.25, -0.2) is 4.98 Å². The molecule has 0 aromatic carbocycles. The average molecular weight is 218 g/mol. The molecule has 2 aromatic rings. The first-order valence-corrected chi connectivity index (χ1v) is 5.03. The Labute approximate surface area is 90.9 Å². The van der Waals surface area contributed by atoms with Crippen LogP contribution < -0.4 is 4.90 Å². The van der Waals surface area contributed by atoms with Crippen LogP contribution in [0.25, 0.3) is 11.0 Å². The van der Waals surface area contributed by atoms with E-state index in [1.54, 1.807) is 12.3 Å². The molecule has 6 nitrogen and oxygen atoms in total. The van der Waals surface area contributed by atoms with Crippen LogP contribution >= 0.6 is 0 Å². The lowest BCUT2D eigenvalue weighted by Crippen LogP contribution is -2.25. The second-order valence-corrected chi connectivity index (χ2v) is 3.81. The largest absolute Gasteiger partial charge is 0.391 e. The Balaban J connectivity index is 2.09. The maximum Gasteiger partial charge on any atom is 0.230 e. The summed E-state index contributed by atoms with van der Waals surface area (Å²) in [6.45, 7) is 0.299. The number of aromatic nitrogens is 3. The number of H-pyrrole nitrogens is 1. The van der Waals surface area contributed by atoms with E-state index in [1.807, 2.05) is 6.07 Å². The summed E-state index contributed by atoms with van der Waals surface area (Å²) in [6, 6.07) is 3.64. The van der Waals surface area contributed by atoms with Crippen LogP contribution in [0.15, 0.2) is 18.3 Å². The molecule has 3 rings (SSSR count). The number of amides is 1. The van der Waals surface area contributed by atoms with Crippen LogP contribution in [-0.4, -0.2) is 38.8 Å². The van der Waals surface area contributed by atoms with E-state index in [2.05, 4.69) is 15.2 Å². The van der Waals surface area contributed by atoms with Gasteiger partial charge in [0.2, 0.25) is 5.91 Å². The van der Waals surface area contributed by atoms with Crippen molar-refractivity contribution in [2.24, 2.45) is 0 Å². The van der Waals surface area contributed by atoms with Crippen molar-refractivity contribution in [3.8, 4) is 0 Å². The standard InChI is InChI=1S/C10H10N4O2/c15-6-4-8(16)14(5-6)10-7-2-1-3-11-9(7)12-13-10/h1-3,6,15H,4-5H2,(H,11,12,13). The van der Waals surface area contributed by atoms with Crippen molar-refractivity contribution in [2.45, 2.75) is 12.5 Å². The summed E-state index contributed by atoms with van der Waals surface area (Å²) >= 11 is 0. The molecule has 6 heteroatoms. The number of fused-ring (bicyclic) bond motifs is 1. The van der Waals surface area contributed by atoms with Crippen LogP contribution in [0.4, 0.5) is 5.82 Å². The number of anilines is 1. The van der Waals surface area contributed by atoms with Gasteiger partial charge in [0, 0.05) is 6.20 Å². The fourth-order valence-corrected chi connectivity index (χ4v) is 1.94. The van der Waals surface area contributed by atoms with Crippen LogP contribution in [0.3, 0.4) is 0 Å². The van der Waals surface area contributed by atoms with Crippen molar-refractivity contribution in [3.05, 3.63) is 18.3 Å². The summed E-state index contributed by atoms with van der Waals surface area (Å²) in [6.07, 6.45) is 1.22. The SMILES string of the molecule is O=C1CC(O)CN1c1n[nH]c2ncccc12. The number of pyridine rings is 1. The van der Waals surface area contributed by atoms with E-state index in [0.29, 0.717) is 18.0 Å². The normalized spacial score (nSPS) is 20.9. The lowest BCUT2D eigenvalue weighted by atomic mass is 10.3. The third-order valence-electron chi connectivity index (χ3n) is 2.68. The fraction of sp³-hybridized carbons (Fsp3) is 0.300. The van der Waals surface area contributed by atoms with Gasteiger partial charge in [0.05, 0.1) is 24.5 Å². The number of hydrogen-bond acceptors (Lipinski definition) is 4. The topological polar surface area (TPSA) is 82.1 Å².